The lowest BCUT2D eigenvalue weighted by molar-refractivity contribution is 0.477. The van der Waals surface area contributed by atoms with Gasteiger partial charge in [0.25, 0.3) is 0 Å². The van der Waals surface area contributed by atoms with Crippen LogP contribution < -0.4 is 4.72 Å². The minimum absolute atomic E-state index is 0.00777. The molecule has 0 unspecified atom stereocenters. The van der Waals surface area contributed by atoms with Crippen molar-refractivity contribution in [3.63, 3.8) is 0 Å². The summed E-state index contributed by atoms with van der Waals surface area (Å²) in [5.41, 5.74) is 0.581. The predicted octanol–water partition coefficient (Wildman–Crippen LogP) is 3.26. The summed E-state index contributed by atoms with van der Waals surface area (Å²) in [4.78, 5) is 0.0667. The fraction of sp³-hybridized carbons (Fsp3) is 0.294. The maximum absolute atomic E-state index is 12.5. The number of nitrogens with one attached hydrogen (secondary N) is 1. The lowest BCUT2D eigenvalue weighted by Crippen LogP contribution is -2.28. The first-order chi connectivity index (χ1) is 12.7. The molecule has 1 saturated heterocycles. The number of nitrogens with zero attached hydrogens (tertiary/aromatic N) is 1. The number of halogens is 2. The molecule has 1 fully saturated rings. The van der Waals surface area contributed by atoms with Gasteiger partial charge in [0.2, 0.25) is 20.0 Å². The van der Waals surface area contributed by atoms with Gasteiger partial charge in [-0.05, 0) is 54.8 Å². The summed E-state index contributed by atoms with van der Waals surface area (Å²) in [5.74, 6) is 0. The zero-order valence-corrected chi connectivity index (χ0v) is 17.4. The van der Waals surface area contributed by atoms with Gasteiger partial charge in [-0.15, -0.1) is 0 Å². The second kappa shape index (κ2) is 8.06. The molecule has 1 heterocycles. The van der Waals surface area contributed by atoms with Crippen molar-refractivity contribution < 1.29 is 16.8 Å². The van der Waals surface area contributed by atoms with E-state index in [1.165, 1.54) is 34.6 Å². The Morgan fingerprint density at radius 3 is 2.07 bits per heavy atom. The number of sulfonamides is 2. The Balaban J connectivity index is 1.75. The molecule has 0 aromatic heterocycles. The molecule has 0 bridgehead atoms. The molecule has 10 heteroatoms. The van der Waals surface area contributed by atoms with Gasteiger partial charge in [-0.3, -0.25) is 0 Å². The monoisotopic (exact) mass is 448 g/mol. The summed E-state index contributed by atoms with van der Waals surface area (Å²) < 4.78 is 53.8. The van der Waals surface area contributed by atoms with Gasteiger partial charge in [0.1, 0.15) is 0 Å². The molecular formula is C17H18Cl2N2O4S2. The Morgan fingerprint density at radius 2 is 1.48 bits per heavy atom. The number of hydrogen-bond acceptors (Lipinski definition) is 4. The van der Waals surface area contributed by atoms with Crippen molar-refractivity contribution in [3.05, 3.63) is 58.1 Å². The molecule has 0 aliphatic carbocycles. The van der Waals surface area contributed by atoms with E-state index >= 15 is 0 Å². The standard InChI is InChI=1S/C17H18Cl2N2O4S2/c18-14-4-3-13(17(19)11-14)12-20-26(22,23)15-5-7-16(8-6-15)27(24,25)21-9-1-2-10-21/h3-8,11,20H,1-2,9-10,12H2. The molecule has 146 valence electrons. The zero-order valence-electron chi connectivity index (χ0n) is 14.2. The van der Waals surface area contributed by atoms with Crippen molar-refractivity contribution in [1.82, 2.24) is 9.03 Å². The zero-order chi connectivity index (χ0) is 19.7. The minimum Gasteiger partial charge on any atom is -0.207 e. The fourth-order valence-corrected chi connectivity index (χ4v) is 5.79. The first-order valence-corrected chi connectivity index (χ1v) is 11.9. The van der Waals surface area contributed by atoms with Crippen molar-refractivity contribution in [2.24, 2.45) is 0 Å². The molecule has 6 nitrogen and oxygen atoms in total. The van der Waals surface area contributed by atoms with Gasteiger partial charge >= 0.3 is 0 Å². The number of benzene rings is 2. The van der Waals surface area contributed by atoms with Crippen LogP contribution in [-0.4, -0.2) is 34.2 Å². The van der Waals surface area contributed by atoms with Crippen molar-refractivity contribution in [2.45, 2.75) is 29.2 Å². The van der Waals surface area contributed by atoms with E-state index in [0.29, 0.717) is 28.7 Å². The molecule has 0 radical (unpaired) electrons. The summed E-state index contributed by atoms with van der Waals surface area (Å²) in [6, 6.07) is 10.00. The molecule has 1 N–H and O–H groups in total. The Labute approximate surface area is 169 Å². The van der Waals surface area contributed by atoms with Gasteiger partial charge < -0.3 is 0 Å². The fourth-order valence-electron chi connectivity index (χ4n) is 2.79. The molecule has 0 spiro atoms. The van der Waals surface area contributed by atoms with E-state index in [4.69, 9.17) is 23.2 Å². The highest BCUT2D eigenvalue weighted by Gasteiger charge is 2.27. The third kappa shape index (κ3) is 4.64. The van der Waals surface area contributed by atoms with E-state index < -0.39 is 20.0 Å². The van der Waals surface area contributed by atoms with Crippen molar-refractivity contribution >= 4 is 43.2 Å². The molecular weight excluding hydrogens is 431 g/mol. The largest absolute Gasteiger partial charge is 0.243 e. The third-order valence-corrected chi connectivity index (χ3v) is 8.22. The van der Waals surface area contributed by atoms with Crippen molar-refractivity contribution in [1.29, 1.82) is 0 Å². The van der Waals surface area contributed by atoms with Crippen LogP contribution in [0.2, 0.25) is 10.0 Å². The Bertz CT molecular complexity index is 1030. The van der Waals surface area contributed by atoms with Crippen LogP contribution in [0.1, 0.15) is 18.4 Å². The molecule has 1 aliphatic rings. The van der Waals surface area contributed by atoms with Gasteiger partial charge in [-0.2, -0.15) is 4.31 Å². The van der Waals surface area contributed by atoms with Crippen LogP contribution in [-0.2, 0) is 26.6 Å². The quantitative estimate of drug-likeness (QED) is 0.734. The summed E-state index contributed by atoms with van der Waals surface area (Å²) in [7, 11) is -7.39. The highest BCUT2D eigenvalue weighted by molar-refractivity contribution is 7.89. The normalized spacial score (nSPS) is 15.9. The van der Waals surface area contributed by atoms with Gasteiger partial charge in [-0.25, -0.2) is 21.6 Å². The second-order valence-corrected chi connectivity index (χ2v) is 10.7. The van der Waals surface area contributed by atoms with Crippen LogP contribution in [0.3, 0.4) is 0 Å². The predicted molar refractivity (Wildman–Crippen MR) is 105 cm³/mol. The number of rotatable bonds is 6. The summed E-state index contributed by atoms with van der Waals surface area (Å²) in [6.45, 7) is 0.976. The van der Waals surface area contributed by atoms with Gasteiger partial charge in [0, 0.05) is 29.7 Å². The average Bonchev–Trinajstić information content (AvgIpc) is 3.16. The topological polar surface area (TPSA) is 83.5 Å². The van der Waals surface area contributed by atoms with Crippen LogP contribution in [0.15, 0.2) is 52.3 Å². The van der Waals surface area contributed by atoms with E-state index in [1.54, 1.807) is 12.1 Å². The van der Waals surface area contributed by atoms with E-state index in [0.717, 1.165) is 12.8 Å². The van der Waals surface area contributed by atoms with E-state index in [-0.39, 0.29) is 16.3 Å². The first kappa shape index (κ1) is 20.6. The minimum atomic E-state index is -3.82. The molecule has 2 aromatic rings. The molecule has 27 heavy (non-hydrogen) atoms. The van der Waals surface area contributed by atoms with Crippen LogP contribution in [0.5, 0.6) is 0 Å². The molecule has 2 aromatic carbocycles. The van der Waals surface area contributed by atoms with Crippen molar-refractivity contribution in [2.75, 3.05) is 13.1 Å². The molecule has 1 aliphatic heterocycles. The molecule has 0 saturated carbocycles. The van der Waals surface area contributed by atoms with E-state index in [1.807, 2.05) is 0 Å². The highest BCUT2D eigenvalue weighted by atomic mass is 35.5. The van der Waals surface area contributed by atoms with E-state index in [2.05, 4.69) is 4.72 Å². The molecule has 3 rings (SSSR count). The second-order valence-electron chi connectivity index (χ2n) is 6.14. The Morgan fingerprint density at radius 1 is 0.889 bits per heavy atom. The molecule has 0 amide bonds. The number of hydrogen-bond donors (Lipinski definition) is 1. The maximum Gasteiger partial charge on any atom is 0.243 e. The Kier molecular flexibility index (Phi) is 6.14. The van der Waals surface area contributed by atoms with Crippen LogP contribution in [0, 0.1) is 0 Å². The lowest BCUT2D eigenvalue weighted by atomic mass is 10.2. The first-order valence-electron chi connectivity index (χ1n) is 8.24. The van der Waals surface area contributed by atoms with Crippen LogP contribution in [0.25, 0.3) is 0 Å². The van der Waals surface area contributed by atoms with Gasteiger partial charge in [-0.1, -0.05) is 29.3 Å². The Hall–Kier alpha value is -1.16. The molecule has 0 atom stereocenters. The average molecular weight is 449 g/mol. The van der Waals surface area contributed by atoms with Crippen molar-refractivity contribution in [3.8, 4) is 0 Å². The summed E-state index contributed by atoms with van der Waals surface area (Å²) in [5, 5.41) is 0.818. The SMILES string of the molecule is O=S(=O)(NCc1ccc(Cl)cc1Cl)c1ccc(S(=O)(=O)N2CCCC2)cc1. The van der Waals surface area contributed by atoms with Crippen LogP contribution >= 0.6 is 23.2 Å². The van der Waals surface area contributed by atoms with Gasteiger partial charge in [0.15, 0.2) is 0 Å². The smallest absolute Gasteiger partial charge is 0.207 e. The summed E-state index contributed by atoms with van der Waals surface area (Å²) >= 11 is 11.9. The van der Waals surface area contributed by atoms with Gasteiger partial charge in [0.05, 0.1) is 9.79 Å². The summed E-state index contributed by atoms with van der Waals surface area (Å²) in [6.07, 6.45) is 1.67. The highest BCUT2D eigenvalue weighted by Crippen LogP contribution is 2.23. The lowest BCUT2D eigenvalue weighted by Gasteiger charge is -2.15. The third-order valence-electron chi connectivity index (χ3n) is 4.30. The van der Waals surface area contributed by atoms with Crippen LogP contribution in [0.4, 0.5) is 0 Å². The van der Waals surface area contributed by atoms with E-state index in [9.17, 15) is 16.8 Å². The maximum atomic E-state index is 12.5.